The molecule has 2 aliphatic rings. The molecule has 0 bridgehead atoms. The number of hydrogen-bond donors (Lipinski definition) is 0. The summed E-state index contributed by atoms with van der Waals surface area (Å²) in [6.45, 7) is 1.87. The molecule has 1 aromatic rings. The van der Waals surface area contributed by atoms with E-state index in [0.29, 0.717) is 12.3 Å². The summed E-state index contributed by atoms with van der Waals surface area (Å²) in [5, 5.41) is 0. The number of thioether (sulfide) groups is 1. The lowest BCUT2D eigenvalue weighted by molar-refractivity contribution is -0.131. The van der Waals surface area contributed by atoms with Crippen LogP contribution in [0.15, 0.2) is 40.3 Å². The fourth-order valence-corrected chi connectivity index (χ4v) is 3.41. The van der Waals surface area contributed by atoms with E-state index < -0.39 is 0 Å². The molecule has 0 aromatic heterocycles. The average molecular weight is 301 g/mol. The first-order valence-corrected chi connectivity index (χ1v) is 9.09. The van der Waals surface area contributed by atoms with Crippen LogP contribution in [0, 0.1) is 0 Å². The second-order valence-corrected chi connectivity index (χ2v) is 6.82. The molecule has 1 heterocycles. The number of hydrogen-bond acceptors (Lipinski definition) is 2. The molecule has 2 nitrogen and oxygen atoms in total. The second kappa shape index (κ2) is 6.69. The summed E-state index contributed by atoms with van der Waals surface area (Å²) in [5.74, 6) is 0.323. The van der Waals surface area contributed by atoms with Gasteiger partial charge in [-0.2, -0.15) is 0 Å². The molecule has 21 heavy (non-hydrogen) atoms. The highest BCUT2D eigenvalue weighted by Gasteiger charge is 2.24. The van der Waals surface area contributed by atoms with Gasteiger partial charge in [0, 0.05) is 24.4 Å². The Morgan fingerprint density at radius 1 is 1.05 bits per heavy atom. The van der Waals surface area contributed by atoms with Crippen LogP contribution in [0.4, 0.5) is 0 Å². The van der Waals surface area contributed by atoms with Gasteiger partial charge in [0.25, 0.3) is 0 Å². The van der Waals surface area contributed by atoms with Crippen molar-refractivity contribution < 1.29 is 4.79 Å². The van der Waals surface area contributed by atoms with Crippen LogP contribution in [0.1, 0.15) is 37.7 Å². The van der Waals surface area contributed by atoms with E-state index in [1.165, 1.54) is 23.3 Å². The summed E-state index contributed by atoms with van der Waals surface area (Å²) in [6, 6.07) is 8.56. The van der Waals surface area contributed by atoms with Crippen molar-refractivity contribution in [2.45, 2.75) is 43.4 Å². The minimum atomic E-state index is 0.323. The third-order valence-corrected chi connectivity index (χ3v) is 5.25. The zero-order chi connectivity index (χ0) is 14.7. The quantitative estimate of drug-likeness (QED) is 0.617. The van der Waals surface area contributed by atoms with Gasteiger partial charge in [-0.15, -0.1) is 11.8 Å². The van der Waals surface area contributed by atoms with Crippen LogP contribution in [-0.2, 0) is 11.2 Å². The molecule has 0 radical (unpaired) electrons. The number of piperidine rings is 1. The first kappa shape index (κ1) is 14.7. The molecule has 0 unspecified atom stereocenters. The zero-order valence-corrected chi connectivity index (χ0v) is 13.5. The van der Waals surface area contributed by atoms with E-state index in [1.807, 2.05) is 0 Å². The number of allylic oxidation sites excluding steroid dienone is 1. The number of likely N-dealkylation sites (tertiary alicyclic amines) is 1. The zero-order valence-electron chi connectivity index (χ0n) is 12.7. The summed E-state index contributed by atoms with van der Waals surface area (Å²) >= 11 is 1.75. The Labute approximate surface area is 131 Å². The third-order valence-electron chi connectivity index (χ3n) is 4.51. The smallest absolute Gasteiger partial charge is 0.222 e. The van der Waals surface area contributed by atoms with Gasteiger partial charge >= 0.3 is 0 Å². The maximum Gasteiger partial charge on any atom is 0.222 e. The SMILES string of the molecule is CSc1ccc(CCC(=O)N2CCC(=C3CC3)CC2)cc1. The van der Waals surface area contributed by atoms with Gasteiger partial charge in [-0.05, 0) is 56.1 Å². The van der Waals surface area contributed by atoms with Crippen molar-refractivity contribution in [3.8, 4) is 0 Å². The summed E-state index contributed by atoms with van der Waals surface area (Å²) in [4.78, 5) is 15.6. The molecule has 1 aromatic carbocycles. The number of rotatable bonds is 4. The lowest BCUT2D eigenvalue weighted by atomic mass is 10.0. The summed E-state index contributed by atoms with van der Waals surface area (Å²) in [6.07, 6.45) is 8.44. The topological polar surface area (TPSA) is 20.3 Å². The molecule has 1 amide bonds. The molecule has 3 heteroatoms. The summed E-state index contributed by atoms with van der Waals surface area (Å²) in [5.41, 5.74) is 4.58. The van der Waals surface area contributed by atoms with Gasteiger partial charge in [-0.1, -0.05) is 23.3 Å². The minimum Gasteiger partial charge on any atom is -0.342 e. The molecule has 0 atom stereocenters. The number of carbonyl (C=O) groups is 1. The molecule has 1 saturated carbocycles. The van der Waals surface area contributed by atoms with Crippen molar-refractivity contribution in [3.63, 3.8) is 0 Å². The molecular weight excluding hydrogens is 278 g/mol. The van der Waals surface area contributed by atoms with Crippen molar-refractivity contribution in [2.24, 2.45) is 0 Å². The third kappa shape index (κ3) is 3.91. The van der Waals surface area contributed by atoms with Crippen LogP contribution in [0.5, 0.6) is 0 Å². The predicted octanol–water partition coefficient (Wildman–Crippen LogP) is 4.05. The Morgan fingerprint density at radius 3 is 2.24 bits per heavy atom. The minimum absolute atomic E-state index is 0.323. The maximum absolute atomic E-state index is 12.3. The van der Waals surface area contributed by atoms with E-state index in [1.54, 1.807) is 22.9 Å². The van der Waals surface area contributed by atoms with Gasteiger partial charge in [0.2, 0.25) is 5.91 Å². The van der Waals surface area contributed by atoms with Gasteiger partial charge in [0.05, 0.1) is 0 Å². The Balaban J connectivity index is 1.46. The molecular formula is C18H23NOS. The number of carbonyl (C=O) groups excluding carboxylic acids is 1. The fraction of sp³-hybridized carbons (Fsp3) is 0.500. The molecule has 1 aliphatic carbocycles. The average Bonchev–Trinajstić information content (AvgIpc) is 3.38. The molecule has 112 valence electrons. The number of aryl methyl sites for hydroxylation is 1. The highest BCUT2D eigenvalue weighted by Crippen LogP contribution is 2.36. The number of nitrogens with zero attached hydrogens (tertiary/aromatic N) is 1. The fourth-order valence-electron chi connectivity index (χ4n) is 3.00. The van der Waals surface area contributed by atoms with Crippen molar-refractivity contribution in [2.75, 3.05) is 19.3 Å². The van der Waals surface area contributed by atoms with Crippen molar-refractivity contribution in [3.05, 3.63) is 41.0 Å². The van der Waals surface area contributed by atoms with Crippen molar-refractivity contribution in [1.82, 2.24) is 4.90 Å². The van der Waals surface area contributed by atoms with Gasteiger partial charge in [0.15, 0.2) is 0 Å². The van der Waals surface area contributed by atoms with Crippen LogP contribution in [-0.4, -0.2) is 30.2 Å². The lowest BCUT2D eigenvalue weighted by Crippen LogP contribution is -2.36. The highest BCUT2D eigenvalue weighted by molar-refractivity contribution is 7.98. The first-order chi connectivity index (χ1) is 10.3. The predicted molar refractivity (Wildman–Crippen MR) is 88.6 cm³/mol. The van der Waals surface area contributed by atoms with Gasteiger partial charge in [-0.3, -0.25) is 4.79 Å². The van der Waals surface area contributed by atoms with E-state index in [9.17, 15) is 4.79 Å². The van der Waals surface area contributed by atoms with Gasteiger partial charge < -0.3 is 4.90 Å². The second-order valence-electron chi connectivity index (χ2n) is 5.94. The molecule has 0 N–H and O–H groups in total. The van der Waals surface area contributed by atoms with E-state index in [-0.39, 0.29) is 0 Å². The standard InChI is InChI=1S/C18H23NOS/c1-21-17-7-2-14(3-8-17)4-9-18(20)19-12-10-16(11-13-19)15-5-6-15/h2-3,7-8H,4-6,9-13H2,1H3. The first-order valence-electron chi connectivity index (χ1n) is 7.87. The van der Waals surface area contributed by atoms with Crippen LogP contribution in [0.3, 0.4) is 0 Å². The van der Waals surface area contributed by atoms with E-state index in [0.717, 1.165) is 32.4 Å². The Hall–Kier alpha value is -1.22. The molecule has 0 spiro atoms. The molecule has 3 rings (SSSR count). The Morgan fingerprint density at radius 2 is 1.67 bits per heavy atom. The van der Waals surface area contributed by atoms with Crippen LogP contribution >= 0.6 is 11.8 Å². The molecule has 2 fully saturated rings. The number of amides is 1. The van der Waals surface area contributed by atoms with Crippen LogP contribution in [0.2, 0.25) is 0 Å². The van der Waals surface area contributed by atoms with Crippen LogP contribution < -0.4 is 0 Å². The Bertz CT molecular complexity index is 531. The van der Waals surface area contributed by atoms with Gasteiger partial charge in [0.1, 0.15) is 0 Å². The monoisotopic (exact) mass is 301 g/mol. The molecule has 1 aliphatic heterocycles. The Kier molecular flexibility index (Phi) is 4.69. The van der Waals surface area contributed by atoms with Crippen LogP contribution in [0.25, 0.3) is 0 Å². The molecule has 1 saturated heterocycles. The highest BCUT2D eigenvalue weighted by atomic mass is 32.2. The lowest BCUT2D eigenvalue weighted by Gasteiger charge is -2.28. The van der Waals surface area contributed by atoms with E-state index >= 15 is 0 Å². The summed E-state index contributed by atoms with van der Waals surface area (Å²) in [7, 11) is 0. The maximum atomic E-state index is 12.3. The summed E-state index contributed by atoms with van der Waals surface area (Å²) < 4.78 is 0. The van der Waals surface area contributed by atoms with E-state index in [2.05, 4.69) is 35.4 Å². The van der Waals surface area contributed by atoms with Crippen molar-refractivity contribution in [1.29, 1.82) is 0 Å². The largest absolute Gasteiger partial charge is 0.342 e. The van der Waals surface area contributed by atoms with Crippen molar-refractivity contribution >= 4 is 17.7 Å². The van der Waals surface area contributed by atoms with Gasteiger partial charge in [-0.25, -0.2) is 0 Å². The normalized spacial score (nSPS) is 18.0. The number of benzene rings is 1. The van der Waals surface area contributed by atoms with E-state index in [4.69, 9.17) is 0 Å².